The fourth-order valence-corrected chi connectivity index (χ4v) is 3.61. The van der Waals surface area contributed by atoms with Gasteiger partial charge in [0.2, 0.25) is 0 Å². The highest BCUT2D eigenvalue weighted by Gasteiger charge is 2.11. The molecule has 0 bridgehead atoms. The largest absolute Gasteiger partial charge is 0.369 e. The Labute approximate surface area is 174 Å². The molecule has 0 aliphatic heterocycles. The molecule has 3 aromatic carbocycles. The van der Waals surface area contributed by atoms with Gasteiger partial charge in [-0.25, -0.2) is 4.98 Å². The smallest absolute Gasteiger partial charge is 0.101 e. The monoisotopic (exact) mass is 409 g/mol. The van der Waals surface area contributed by atoms with Gasteiger partial charge >= 0.3 is 0 Å². The maximum atomic E-state index is 6.29. The maximum absolute atomic E-state index is 6.29. The van der Waals surface area contributed by atoms with Crippen molar-refractivity contribution in [2.45, 2.75) is 24.7 Å². The van der Waals surface area contributed by atoms with Crippen molar-refractivity contribution in [3.8, 4) is 0 Å². The minimum absolute atomic E-state index is 0.124. The Hall–Kier alpha value is -2.49. The molecule has 0 spiro atoms. The number of rotatable bonds is 6. The second kappa shape index (κ2) is 8.26. The lowest BCUT2D eigenvalue weighted by Gasteiger charge is -2.17. The summed E-state index contributed by atoms with van der Waals surface area (Å²) in [6.45, 7) is 2.05. The molecule has 0 saturated carbocycles. The normalized spacial score (nSPS) is 12.2. The average molecular weight is 410 g/mol. The Morgan fingerprint density at radius 2 is 1.50 bits per heavy atom. The van der Waals surface area contributed by atoms with E-state index in [2.05, 4.69) is 34.9 Å². The summed E-state index contributed by atoms with van der Waals surface area (Å²) in [5.74, 6) is 0.432. The van der Waals surface area contributed by atoms with E-state index in [0.29, 0.717) is 5.88 Å². The van der Waals surface area contributed by atoms with Crippen LogP contribution in [0.2, 0.25) is 0 Å². The molecular formula is C23H21Cl2N3. The molecule has 5 heteroatoms. The van der Waals surface area contributed by atoms with Gasteiger partial charge in [-0.2, -0.15) is 0 Å². The third kappa shape index (κ3) is 3.87. The van der Waals surface area contributed by atoms with Gasteiger partial charge in [-0.05, 0) is 42.3 Å². The highest BCUT2D eigenvalue weighted by molar-refractivity contribution is 6.21. The van der Waals surface area contributed by atoms with E-state index in [9.17, 15) is 0 Å². The third-order valence-corrected chi connectivity index (χ3v) is 5.41. The van der Waals surface area contributed by atoms with Crippen LogP contribution in [0.5, 0.6) is 0 Å². The SMILES string of the molecule is CCC(Cl)Nc1cc(CCl)cc(Nc2c3ccccc3nc3ccccc23)c1. The molecule has 0 radical (unpaired) electrons. The Bertz CT molecular complexity index is 1070. The minimum atomic E-state index is -0.124. The molecule has 1 heterocycles. The topological polar surface area (TPSA) is 37.0 Å². The fourth-order valence-electron chi connectivity index (χ4n) is 3.33. The van der Waals surface area contributed by atoms with Crippen molar-refractivity contribution in [3.63, 3.8) is 0 Å². The number of nitrogens with one attached hydrogen (secondary N) is 2. The Kier molecular flexibility index (Phi) is 5.56. The van der Waals surface area contributed by atoms with Gasteiger partial charge in [-0.1, -0.05) is 54.9 Å². The number of pyridine rings is 1. The van der Waals surface area contributed by atoms with Gasteiger partial charge in [-0.3, -0.25) is 0 Å². The summed E-state index contributed by atoms with van der Waals surface area (Å²) in [7, 11) is 0. The molecule has 0 amide bonds. The first-order valence-electron chi connectivity index (χ1n) is 9.33. The Morgan fingerprint density at radius 1 is 0.893 bits per heavy atom. The molecule has 0 aliphatic rings. The number of benzene rings is 3. The number of para-hydroxylation sites is 2. The summed E-state index contributed by atoms with van der Waals surface area (Å²) in [6, 6.07) is 22.5. The summed E-state index contributed by atoms with van der Waals surface area (Å²) in [5, 5.41) is 9.09. The summed E-state index contributed by atoms with van der Waals surface area (Å²) in [5.41, 5.74) is 5.77. The predicted octanol–water partition coefficient (Wildman–Crippen LogP) is 7.26. The van der Waals surface area contributed by atoms with E-state index in [1.54, 1.807) is 0 Å². The number of aromatic nitrogens is 1. The summed E-state index contributed by atoms with van der Waals surface area (Å²) < 4.78 is 0. The molecule has 3 nitrogen and oxygen atoms in total. The molecule has 1 aromatic heterocycles. The van der Waals surface area contributed by atoms with Gasteiger partial charge in [0, 0.05) is 28.0 Å². The van der Waals surface area contributed by atoms with Crippen LogP contribution in [-0.4, -0.2) is 10.5 Å². The minimum Gasteiger partial charge on any atom is -0.369 e. The van der Waals surface area contributed by atoms with Crippen LogP contribution in [-0.2, 0) is 5.88 Å². The van der Waals surface area contributed by atoms with Crippen molar-refractivity contribution in [1.29, 1.82) is 0 Å². The van der Waals surface area contributed by atoms with Gasteiger partial charge in [-0.15, -0.1) is 11.6 Å². The van der Waals surface area contributed by atoms with Crippen molar-refractivity contribution in [2.75, 3.05) is 10.6 Å². The van der Waals surface area contributed by atoms with Crippen molar-refractivity contribution in [1.82, 2.24) is 4.98 Å². The molecule has 0 aliphatic carbocycles. The number of anilines is 3. The zero-order valence-electron chi connectivity index (χ0n) is 15.5. The molecule has 1 atom stereocenters. The van der Waals surface area contributed by atoms with Gasteiger partial charge in [0.25, 0.3) is 0 Å². The fraction of sp³-hybridized carbons (Fsp3) is 0.174. The molecule has 0 saturated heterocycles. The van der Waals surface area contributed by atoms with Crippen LogP contribution < -0.4 is 10.6 Å². The van der Waals surface area contributed by atoms with E-state index in [1.165, 1.54) is 0 Å². The quantitative estimate of drug-likeness (QED) is 0.200. The third-order valence-electron chi connectivity index (χ3n) is 4.69. The van der Waals surface area contributed by atoms with E-state index in [0.717, 1.165) is 50.9 Å². The summed E-state index contributed by atoms with van der Waals surface area (Å²) in [6.07, 6.45) is 0.828. The van der Waals surface area contributed by atoms with Crippen LogP contribution in [0.1, 0.15) is 18.9 Å². The van der Waals surface area contributed by atoms with Crippen LogP contribution in [0.15, 0.2) is 66.7 Å². The number of fused-ring (bicyclic) bond motifs is 2. The van der Waals surface area contributed by atoms with E-state index in [1.807, 2.05) is 49.4 Å². The van der Waals surface area contributed by atoms with Gasteiger partial charge < -0.3 is 10.6 Å². The Morgan fingerprint density at radius 3 is 2.11 bits per heavy atom. The maximum Gasteiger partial charge on any atom is 0.101 e. The lowest BCUT2D eigenvalue weighted by atomic mass is 10.1. The molecule has 142 valence electrons. The zero-order valence-corrected chi connectivity index (χ0v) is 17.1. The molecule has 28 heavy (non-hydrogen) atoms. The number of alkyl halides is 2. The van der Waals surface area contributed by atoms with Crippen molar-refractivity contribution in [3.05, 3.63) is 72.3 Å². The number of hydrogen-bond donors (Lipinski definition) is 2. The van der Waals surface area contributed by atoms with Crippen LogP contribution >= 0.6 is 23.2 Å². The first-order chi connectivity index (χ1) is 13.7. The first-order valence-corrected chi connectivity index (χ1v) is 10.3. The van der Waals surface area contributed by atoms with E-state index in [4.69, 9.17) is 28.2 Å². The second-order valence-electron chi connectivity index (χ2n) is 6.72. The predicted molar refractivity (Wildman–Crippen MR) is 122 cm³/mol. The standard InChI is InChI=1S/C23H21Cl2N3/c1-2-22(25)26-16-11-15(14-24)12-17(13-16)27-23-18-7-3-5-9-20(18)28-21-10-6-4-8-19(21)23/h3-13,22,26H,2,14H2,1H3,(H,27,28). The molecule has 2 N–H and O–H groups in total. The van der Waals surface area contributed by atoms with Crippen molar-refractivity contribution < 1.29 is 0 Å². The van der Waals surface area contributed by atoms with Crippen LogP contribution in [0.3, 0.4) is 0 Å². The van der Waals surface area contributed by atoms with Crippen LogP contribution in [0, 0.1) is 0 Å². The Balaban J connectivity index is 1.84. The molecular weight excluding hydrogens is 389 g/mol. The second-order valence-corrected chi connectivity index (χ2v) is 7.51. The average Bonchev–Trinajstić information content (AvgIpc) is 2.73. The summed E-state index contributed by atoms with van der Waals surface area (Å²) in [4.78, 5) is 4.79. The van der Waals surface area contributed by atoms with E-state index < -0.39 is 0 Å². The number of hydrogen-bond acceptors (Lipinski definition) is 3. The van der Waals surface area contributed by atoms with Gasteiger partial charge in [0.15, 0.2) is 0 Å². The highest BCUT2D eigenvalue weighted by atomic mass is 35.5. The molecule has 1 unspecified atom stereocenters. The zero-order chi connectivity index (χ0) is 19.5. The van der Waals surface area contributed by atoms with Gasteiger partial charge in [0.05, 0.1) is 16.7 Å². The van der Waals surface area contributed by atoms with Crippen LogP contribution in [0.4, 0.5) is 17.1 Å². The van der Waals surface area contributed by atoms with Crippen molar-refractivity contribution >= 4 is 62.1 Å². The molecule has 4 aromatic rings. The van der Waals surface area contributed by atoms with Crippen molar-refractivity contribution in [2.24, 2.45) is 0 Å². The molecule has 4 rings (SSSR count). The van der Waals surface area contributed by atoms with E-state index in [-0.39, 0.29) is 5.50 Å². The number of halogens is 2. The van der Waals surface area contributed by atoms with Crippen LogP contribution in [0.25, 0.3) is 21.8 Å². The first kappa shape index (κ1) is 18.9. The van der Waals surface area contributed by atoms with E-state index >= 15 is 0 Å². The summed E-state index contributed by atoms with van der Waals surface area (Å²) >= 11 is 12.4. The molecule has 0 fully saturated rings. The van der Waals surface area contributed by atoms with Gasteiger partial charge in [0.1, 0.15) is 5.50 Å². The number of nitrogens with zero attached hydrogens (tertiary/aromatic N) is 1. The lowest BCUT2D eigenvalue weighted by Crippen LogP contribution is -2.10. The highest BCUT2D eigenvalue weighted by Crippen LogP contribution is 2.34. The lowest BCUT2D eigenvalue weighted by molar-refractivity contribution is 0.908.